The van der Waals surface area contributed by atoms with Gasteiger partial charge in [-0.2, -0.15) is 5.10 Å². The first kappa shape index (κ1) is 13.9. The maximum atomic E-state index is 12.4. The lowest BCUT2D eigenvalue weighted by atomic mass is 9.97. The highest BCUT2D eigenvalue weighted by Crippen LogP contribution is 2.31. The number of rotatable bonds is 3. The summed E-state index contributed by atoms with van der Waals surface area (Å²) in [4.78, 5) is 24.4. The number of esters is 1. The van der Waals surface area contributed by atoms with Crippen molar-refractivity contribution in [2.24, 2.45) is 0 Å². The zero-order chi connectivity index (χ0) is 14.9. The fourth-order valence-electron chi connectivity index (χ4n) is 3.01. The molecule has 1 N–H and O–H groups in total. The summed E-state index contributed by atoms with van der Waals surface area (Å²) in [5.41, 5.74) is -0.626. The van der Waals surface area contributed by atoms with Crippen LogP contribution in [0.2, 0.25) is 0 Å². The Bertz CT molecular complexity index is 537. The van der Waals surface area contributed by atoms with Gasteiger partial charge in [0.05, 0.1) is 13.7 Å². The molecule has 1 saturated carbocycles. The maximum absolute atomic E-state index is 12.4. The maximum Gasteiger partial charge on any atom is 0.331 e. The van der Waals surface area contributed by atoms with E-state index < -0.39 is 5.54 Å². The lowest BCUT2D eigenvalue weighted by molar-refractivity contribution is -0.148. The van der Waals surface area contributed by atoms with Gasteiger partial charge in [0.2, 0.25) is 5.88 Å². The molecular formula is C14H19N3O4. The van der Waals surface area contributed by atoms with Crippen LogP contribution < -0.4 is 10.1 Å². The van der Waals surface area contributed by atoms with Crippen molar-refractivity contribution >= 4 is 11.9 Å². The summed E-state index contributed by atoms with van der Waals surface area (Å²) in [6.45, 7) is 1.38. The van der Waals surface area contributed by atoms with E-state index >= 15 is 0 Å². The molecule has 1 aromatic rings. The van der Waals surface area contributed by atoms with E-state index in [0.717, 1.165) is 25.8 Å². The van der Waals surface area contributed by atoms with E-state index in [1.807, 2.05) is 0 Å². The minimum Gasteiger partial charge on any atom is -0.478 e. The molecule has 1 aliphatic heterocycles. The van der Waals surface area contributed by atoms with Crippen LogP contribution in [0.15, 0.2) is 6.07 Å². The summed E-state index contributed by atoms with van der Waals surface area (Å²) in [5, 5.41) is 7.06. The summed E-state index contributed by atoms with van der Waals surface area (Å²) in [5.74, 6) is -0.133. The Kier molecular flexibility index (Phi) is 3.57. The normalized spacial score (nSPS) is 19.5. The van der Waals surface area contributed by atoms with E-state index in [2.05, 4.69) is 10.4 Å². The molecule has 0 saturated heterocycles. The first-order valence-electron chi connectivity index (χ1n) is 7.26. The molecule has 7 nitrogen and oxygen atoms in total. The number of carbonyl (C=O) groups excluding carboxylic acids is 2. The van der Waals surface area contributed by atoms with Crippen LogP contribution in [0.5, 0.6) is 5.88 Å². The average molecular weight is 293 g/mol. The highest BCUT2D eigenvalue weighted by atomic mass is 16.5. The minimum atomic E-state index is -0.906. The van der Waals surface area contributed by atoms with Crippen molar-refractivity contribution in [3.63, 3.8) is 0 Å². The van der Waals surface area contributed by atoms with Crippen LogP contribution in [0.1, 0.15) is 42.6 Å². The number of aryl methyl sites for hydroxylation is 1. The molecule has 1 aromatic heterocycles. The van der Waals surface area contributed by atoms with Gasteiger partial charge in [-0.25, -0.2) is 9.48 Å². The number of ether oxygens (including phenoxy) is 2. The van der Waals surface area contributed by atoms with Crippen molar-refractivity contribution in [3.8, 4) is 5.88 Å². The predicted octanol–water partition coefficient (Wildman–Crippen LogP) is 0.881. The van der Waals surface area contributed by atoms with Gasteiger partial charge in [-0.3, -0.25) is 4.79 Å². The fourth-order valence-corrected chi connectivity index (χ4v) is 3.01. The Morgan fingerprint density at radius 2 is 2.14 bits per heavy atom. The van der Waals surface area contributed by atoms with Crippen molar-refractivity contribution in [1.29, 1.82) is 0 Å². The van der Waals surface area contributed by atoms with Crippen LogP contribution in [0, 0.1) is 0 Å². The SMILES string of the molecule is COC(=O)C1(NC(=O)c2cc3n(n2)CCCO3)CCCC1. The van der Waals surface area contributed by atoms with Crippen molar-refractivity contribution in [2.45, 2.75) is 44.2 Å². The third-order valence-electron chi connectivity index (χ3n) is 4.13. The molecule has 2 aliphatic rings. The molecule has 114 valence electrons. The van der Waals surface area contributed by atoms with E-state index in [9.17, 15) is 9.59 Å². The third kappa shape index (κ3) is 2.48. The molecule has 0 unspecified atom stereocenters. The van der Waals surface area contributed by atoms with Gasteiger partial charge in [-0.1, -0.05) is 12.8 Å². The van der Waals surface area contributed by atoms with E-state index in [1.54, 1.807) is 10.7 Å². The Labute approximate surface area is 122 Å². The van der Waals surface area contributed by atoms with Gasteiger partial charge in [0.15, 0.2) is 5.69 Å². The van der Waals surface area contributed by atoms with Gasteiger partial charge < -0.3 is 14.8 Å². The molecule has 7 heteroatoms. The lowest BCUT2D eigenvalue weighted by Gasteiger charge is -2.26. The van der Waals surface area contributed by atoms with E-state index in [1.165, 1.54) is 7.11 Å². The number of amides is 1. The average Bonchev–Trinajstić information content (AvgIpc) is 3.13. The van der Waals surface area contributed by atoms with Crippen molar-refractivity contribution in [2.75, 3.05) is 13.7 Å². The number of nitrogens with one attached hydrogen (secondary N) is 1. The molecule has 0 atom stereocenters. The van der Waals surface area contributed by atoms with Crippen LogP contribution in [-0.2, 0) is 16.1 Å². The highest BCUT2D eigenvalue weighted by Gasteiger charge is 2.44. The number of fused-ring (bicyclic) bond motifs is 1. The highest BCUT2D eigenvalue weighted by molar-refractivity contribution is 5.97. The monoisotopic (exact) mass is 293 g/mol. The molecule has 0 spiro atoms. The first-order chi connectivity index (χ1) is 10.1. The minimum absolute atomic E-state index is 0.280. The Balaban J connectivity index is 1.78. The first-order valence-corrected chi connectivity index (χ1v) is 7.26. The van der Waals surface area contributed by atoms with Gasteiger partial charge in [0.1, 0.15) is 5.54 Å². The van der Waals surface area contributed by atoms with E-state index in [4.69, 9.17) is 9.47 Å². The third-order valence-corrected chi connectivity index (χ3v) is 4.13. The smallest absolute Gasteiger partial charge is 0.331 e. The van der Waals surface area contributed by atoms with Crippen LogP contribution in [0.4, 0.5) is 0 Å². The Morgan fingerprint density at radius 3 is 2.81 bits per heavy atom. The molecule has 0 radical (unpaired) electrons. The predicted molar refractivity (Wildman–Crippen MR) is 73.0 cm³/mol. The second kappa shape index (κ2) is 5.38. The molecule has 1 fully saturated rings. The lowest BCUT2D eigenvalue weighted by Crippen LogP contribution is -2.53. The largest absolute Gasteiger partial charge is 0.478 e. The van der Waals surface area contributed by atoms with E-state index in [0.29, 0.717) is 25.3 Å². The second-order valence-electron chi connectivity index (χ2n) is 5.53. The Morgan fingerprint density at radius 1 is 1.38 bits per heavy atom. The number of hydrogen-bond acceptors (Lipinski definition) is 5. The zero-order valence-electron chi connectivity index (χ0n) is 12.1. The summed E-state index contributed by atoms with van der Waals surface area (Å²) in [6.07, 6.45) is 3.89. The number of carbonyl (C=O) groups is 2. The van der Waals surface area contributed by atoms with Crippen molar-refractivity contribution < 1.29 is 19.1 Å². The van der Waals surface area contributed by atoms with Crippen LogP contribution in [0.25, 0.3) is 0 Å². The molecule has 21 heavy (non-hydrogen) atoms. The summed E-state index contributed by atoms with van der Waals surface area (Å²) >= 11 is 0. The van der Waals surface area contributed by atoms with Gasteiger partial charge in [0.25, 0.3) is 5.91 Å². The molecule has 2 heterocycles. The summed E-state index contributed by atoms with van der Waals surface area (Å²) in [7, 11) is 1.34. The summed E-state index contributed by atoms with van der Waals surface area (Å²) in [6, 6.07) is 1.62. The zero-order valence-corrected chi connectivity index (χ0v) is 12.1. The molecular weight excluding hydrogens is 274 g/mol. The standard InChI is InChI=1S/C14H19N3O4/c1-20-13(19)14(5-2-3-6-14)15-12(18)10-9-11-17(16-10)7-4-8-21-11/h9H,2-8H2,1H3,(H,15,18). The topological polar surface area (TPSA) is 82.5 Å². The van der Waals surface area contributed by atoms with Gasteiger partial charge in [-0.15, -0.1) is 0 Å². The second-order valence-corrected chi connectivity index (χ2v) is 5.53. The fraction of sp³-hybridized carbons (Fsp3) is 0.643. The summed E-state index contributed by atoms with van der Waals surface area (Å²) < 4.78 is 12.0. The quantitative estimate of drug-likeness (QED) is 0.837. The van der Waals surface area contributed by atoms with Crippen LogP contribution in [-0.4, -0.2) is 40.9 Å². The number of hydrogen-bond donors (Lipinski definition) is 1. The van der Waals surface area contributed by atoms with Crippen molar-refractivity contribution in [3.05, 3.63) is 11.8 Å². The van der Waals surface area contributed by atoms with Crippen LogP contribution >= 0.6 is 0 Å². The Hall–Kier alpha value is -2.05. The molecule has 0 bridgehead atoms. The molecule has 0 aromatic carbocycles. The van der Waals surface area contributed by atoms with Crippen LogP contribution in [0.3, 0.4) is 0 Å². The van der Waals surface area contributed by atoms with Gasteiger partial charge in [0, 0.05) is 19.0 Å². The number of aromatic nitrogens is 2. The van der Waals surface area contributed by atoms with Gasteiger partial charge in [-0.05, 0) is 12.8 Å². The van der Waals surface area contributed by atoms with Crippen molar-refractivity contribution in [1.82, 2.24) is 15.1 Å². The molecule has 1 amide bonds. The molecule has 1 aliphatic carbocycles. The number of methoxy groups -OCH3 is 1. The van der Waals surface area contributed by atoms with Gasteiger partial charge >= 0.3 is 5.97 Å². The van der Waals surface area contributed by atoms with E-state index in [-0.39, 0.29) is 17.6 Å². The number of nitrogens with zero attached hydrogens (tertiary/aromatic N) is 2. The molecule has 3 rings (SSSR count).